The minimum atomic E-state index is -0.467. The summed E-state index contributed by atoms with van der Waals surface area (Å²) in [5.41, 5.74) is 3.58. The van der Waals surface area contributed by atoms with Crippen LogP contribution >= 0.6 is 0 Å². The third-order valence-corrected chi connectivity index (χ3v) is 6.13. The number of ether oxygens (including phenoxy) is 3. The zero-order valence-electron chi connectivity index (χ0n) is 23.8. The molecule has 0 aliphatic carbocycles. The molecule has 7 heteroatoms. The molecule has 0 saturated carbocycles. The number of unbranched alkanes of at least 4 members (excludes halogenated alkanes) is 2. The normalized spacial score (nSPS) is 14.9. The number of phenolic OH excluding ortho intramolecular Hbond substituents is 2. The van der Waals surface area contributed by atoms with Gasteiger partial charge in [-0.05, 0) is 61.7 Å². The highest BCUT2D eigenvalue weighted by atomic mass is 16.5. The third-order valence-electron chi connectivity index (χ3n) is 6.13. The Kier molecular flexibility index (Phi) is 11.3. The Labute approximate surface area is 241 Å². The molecule has 0 fully saturated rings. The summed E-state index contributed by atoms with van der Waals surface area (Å²) in [5, 5.41) is 18.8. The Morgan fingerprint density at radius 2 is 1.37 bits per heavy atom. The van der Waals surface area contributed by atoms with Crippen molar-refractivity contribution in [2.45, 2.75) is 46.5 Å². The summed E-state index contributed by atoms with van der Waals surface area (Å²) < 4.78 is 15.2. The van der Waals surface area contributed by atoms with E-state index < -0.39 is 5.97 Å². The van der Waals surface area contributed by atoms with Crippen LogP contribution < -0.4 is 4.74 Å². The molecule has 0 aromatic heterocycles. The summed E-state index contributed by atoms with van der Waals surface area (Å²) in [5.74, 6) is 1.24. The maximum absolute atomic E-state index is 11.4. The molecule has 0 atom stereocenters. The van der Waals surface area contributed by atoms with Crippen LogP contribution in [0.1, 0.15) is 83.9 Å². The molecule has 2 aliphatic rings. The number of methoxy groups -OCH3 is 1. The molecule has 7 nitrogen and oxygen atoms in total. The van der Waals surface area contributed by atoms with Gasteiger partial charge < -0.3 is 24.4 Å². The molecule has 3 aromatic rings. The van der Waals surface area contributed by atoms with Gasteiger partial charge in [0.25, 0.3) is 0 Å². The monoisotopic (exact) mass is 556 g/mol. The Bertz CT molecular complexity index is 1460. The first-order valence-electron chi connectivity index (χ1n) is 13.6. The Balaban J connectivity index is 0.000000170. The second kappa shape index (κ2) is 15.1. The summed E-state index contributed by atoms with van der Waals surface area (Å²) in [6.07, 6.45) is 11.6. The second-order valence-corrected chi connectivity index (χ2v) is 9.17. The Morgan fingerprint density at radius 1 is 0.756 bits per heavy atom. The number of aromatic hydroxyl groups is 2. The predicted octanol–water partition coefficient (Wildman–Crippen LogP) is 8.14. The van der Waals surface area contributed by atoms with Crippen molar-refractivity contribution in [3.05, 3.63) is 107 Å². The number of carbonyl (C=O) groups excluding carboxylic acids is 2. The fourth-order valence-corrected chi connectivity index (χ4v) is 4.10. The number of carbonyl (C=O) groups is 2. The molecule has 214 valence electrons. The van der Waals surface area contributed by atoms with Crippen LogP contribution in [-0.2, 0) is 9.47 Å². The van der Waals surface area contributed by atoms with E-state index in [1.807, 2.05) is 55.5 Å². The third kappa shape index (κ3) is 7.88. The summed E-state index contributed by atoms with van der Waals surface area (Å²) in [6.45, 7) is 6.09. The zero-order chi connectivity index (χ0) is 29.8. The number of hydrogen-bond donors (Lipinski definition) is 2. The lowest BCUT2D eigenvalue weighted by Gasteiger charge is -2.03. The number of benzene rings is 3. The maximum Gasteiger partial charge on any atom is 0.348 e. The predicted molar refractivity (Wildman–Crippen MR) is 161 cm³/mol. The van der Waals surface area contributed by atoms with Gasteiger partial charge in [-0.1, -0.05) is 75.2 Å². The average molecular weight is 557 g/mol. The second-order valence-electron chi connectivity index (χ2n) is 9.17. The van der Waals surface area contributed by atoms with Crippen LogP contribution in [0.5, 0.6) is 17.2 Å². The zero-order valence-corrected chi connectivity index (χ0v) is 23.8. The minimum Gasteiger partial charge on any atom is -0.507 e. The number of allylic oxidation sites excluding steroid dienone is 3. The van der Waals surface area contributed by atoms with E-state index in [2.05, 4.69) is 13.8 Å². The van der Waals surface area contributed by atoms with Crippen LogP contribution in [0.2, 0.25) is 0 Å². The number of rotatable bonds is 6. The minimum absolute atomic E-state index is 0.0163. The van der Waals surface area contributed by atoms with Crippen molar-refractivity contribution >= 4 is 29.5 Å². The van der Waals surface area contributed by atoms with Crippen LogP contribution in [0.3, 0.4) is 0 Å². The molecule has 0 radical (unpaired) electrons. The van der Waals surface area contributed by atoms with Crippen LogP contribution in [0.15, 0.2) is 78.9 Å². The van der Waals surface area contributed by atoms with E-state index in [0.717, 1.165) is 36.8 Å². The van der Waals surface area contributed by atoms with Gasteiger partial charge in [-0.15, -0.1) is 0 Å². The van der Waals surface area contributed by atoms with Gasteiger partial charge in [-0.2, -0.15) is 0 Å². The molecule has 0 unspecified atom stereocenters. The molecule has 0 amide bonds. The SMILES string of the molecule is CC=Cc1ccc(O)c(OC)c1.CCCC=C1OC(=O)c2c(O)cccc21.CCCC=C1OC(=O)c2ccccc21. The summed E-state index contributed by atoms with van der Waals surface area (Å²) in [7, 11) is 1.54. The smallest absolute Gasteiger partial charge is 0.348 e. The fraction of sp³-hybridized carbons (Fsp3) is 0.235. The van der Waals surface area contributed by atoms with Gasteiger partial charge in [0.05, 0.1) is 12.7 Å². The first kappa shape index (κ1) is 30.8. The van der Waals surface area contributed by atoms with E-state index in [1.165, 1.54) is 13.2 Å². The van der Waals surface area contributed by atoms with Gasteiger partial charge in [0, 0.05) is 11.1 Å². The Morgan fingerprint density at radius 3 is 2.00 bits per heavy atom. The van der Waals surface area contributed by atoms with E-state index in [9.17, 15) is 19.8 Å². The van der Waals surface area contributed by atoms with Crippen molar-refractivity contribution in [1.82, 2.24) is 0 Å². The van der Waals surface area contributed by atoms with Crippen molar-refractivity contribution in [1.29, 1.82) is 0 Å². The number of esters is 2. The fourth-order valence-electron chi connectivity index (χ4n) is 4.10. The number of fused-ring (bicyclic) bond motifs is 2. The first-order valence-corrected chi connectivity index (χ1v) is 13.6. The van der Waals surface area contributed by atoms with Gasteiger partial charge in [-0.3, -0.25) is 0 Å². The quantitative estimate of drug-likeness (QED) is 0.296. The van der Waals surface area contributed by atoms with Crippen LogP contribution in [0.4, 0.5) is 0 Å². The van der Waals surface area contributed by atoms with Crippen LogP contribution in [0, 0.1) is 0 Å². The topological polar surface area (TPSA) is 102 Å². The lowest BCUT2D eigenvalue weighted by atomic mass is 10.1. The molecule has 5 rings (SSSR count). The molecule has 2 aliphatic heterocycles. The van der Waals surface area contributed by atoms with Crippen molar-refractivity contribution < 1.29 is 34.0 Å². The van der Waals surface area contributed by atoms with Crippen LogP contribution in [-0.4, -0.2) is 29.3 Å². The lowest BCUT2D eigenvalue weighted by molar-refractivity contribution is 0.0704. The summed E-state index contributed by atoms with van der Waals surface area (Å²) >= 11 is 0. The van der Waals surface area contributed by atoms with Gasteiger partial charge in [0.1, 0.15) is 22.8 Å². The van der Waals surface area contributed by atoms with Crippen LogP contribution in [0.25, 0.3) is 17.6 Å². The molecule has 2 N–H and O–H groups in total. The molecule has 2 heterocycles. The Hall–Kier alpha value is -4.78. The summed E-state index contributed by atoms with van der Waals surface area (Å²) in [6, 6.07) is 17.7. The van der Waals surface area contributed by atoms with Crippen molar-refractivity contribution in [3.63, 3.8) is 0 Å². The van der Waals surface area contributed by atoms with Gasteiger partial charge in [0.15, 0.2) is 11.5 Å². The molecule has 0 spiro atoms. The van der Waals surface area contributed by atoms with E-state index in [4.69, 9.17) is 14.2 Å². The van der Waals surface area contributed by atoms with Gasteiger partial charge in [-0.25, -0.2) is 9.59 Å². The number of phenols is 2. The maximum atomic E-state index is 11.4. The van der Waals surface area contributed by atoms with E-state index in [0.29, 0.717) is 28.4 Å². The lowest BCUT2D eigenvalue weighted by Crippen LogP contribution is -1.93. The van der Waals surface area contributed by atoms with Gasteiger partial charge >= 0.3 is 11.9 Å². The highest BCUT2D eigenvalue weighted by Gasteiger charge is 2.29. The molecule has 0 bridgehead atoms. The highest BCUT2D eigenvalue weighted by molar-refractivity contribution is 6.05. The van der Waals surface area contributed by atoms with E-state index in [1.54, 1.807) is 30.3 Å². The molecule has 41 heavy (non-hydrogen) atoms. The van der Waals surface area contributed by atoms with Gasteiger partial charge in [0.2, 0.25) is 0 Å². The largest absolute Gasteiger partial charge is 0.507 e. The molecular weight excluding hydrogens is 520 g/mol. The van der Waals surface area contributed by atoms with Crippen molar-refractivity contribution in [3.8, 4) is 17.2 Å². The summed E-state index contributed by atoms with van der Waals surface area (Å²) in [4.78, 5) is 22.8. The molecular formula is C34H36O7. The van der Waals surface area contributed by atoms with Crippen molar-refractivity contribution in [2.24, 2.45) is 0 Å². The average Bonchev–Trinajstić information content (AvgIpc) is 3.49. The standard InChI is InChI=1S/C12H12O3.C12H12O2.C10H12O2/c1-2-3-7-10-8-5-4-6-9(13)11(8)12(14)15-10;1-2-3-8-11-9-6-4-5-7-10(9)12(13)14-11;1-3-4-8-5-6-9(11)10(7-8)12-2/h4-7,13H,2-3H2,1H3;4-8H,2-3H2,1H3;3-7,11H,1-2H3. The van der Waals surface area contributed by atoms with E-state index >= 15 is 0 Å². The van der Waals surface area contributed by atoms with E-state index in [-0.39, 0.29) is 23.0 Å². The highest BCUT2D eigenvalue weighted by Crippen LogP contribution is 2.35. The molecule has 0 saturated heterocycles. The van der Waals surface area contributed by atoms with Crippen molar-refractivity contribution in [2.75, 3.05) is 7.11 Å². The molecule has 3 aromatic carbocycles. The first-order chi connectivity index (χ1) is 19.8. The number of hydrogen-bond acceptors (Lipinski definition) is 7. The number of cyclic esters (lactones) is 2.